The molecule has 1 rings (SSSR count). The Hall–Kier alpha value is -1.10. The van der Waals surface area contributed by atoms with Crippen molar-refractivity contribution in [3.05, 3.63) is 0 Å². The zero-order valence-electron chi connectivity index (χ0n) is 8.62. The number of amides is 2. The highest BCUT2D eigenvalue weighted by Gasteiger charge is 2.24. The highest BCUT2D eigenvalue weighted by Crippen LogP contribution is 2.09. The fraction of sp³-hybridized carbons (Fsp3) is 0.778. The van der Waals surface area contributed by atoms with Gasteiger partial charge in [0, 0.05) is 26.1 Å². The summed E-state index contributed by atoms with van der Waals surface area (Å²) in [5.41, 5.74) is 5.42. The summed E-state index contributed by atoms with van der Waals surface area (Å²) in [7, 11) is 1.74. The van der Waals surface area contributed by atoms with Crippen LogP contribution in [-0.4, -0.2) is 42.4 Å². The number of piperidine rings is 1. The molecule has 3 N–H and O–H groups in total. The molecule has 1 unspecified atom stereocenters. The Bertz CT molecular complexity index is 240. The number of nitrogens with one attached hydrogen (secondary N) is 1. The van der Waals surface area contributed by atoms with Crippen LogP contribution in [0.25, 0.3) is 0 Å². The zero-order chi connectivity index (χ0) is 10.7. The molecule has 1 aliphatic rings. The minimum absolute atomic E-state index is 0.0520. The number of hydrogen-bond acceptors (Lipinski definition) is 3. The van der Waals surface area contributed by atoms with Crippen molar-refractivity contribution >= 4 is 11.8 Å². The van der Waals surface area contributed by atoms with E-state index in [-0.39, 0.29) is 17.9 Å². The van der Waals surface area contributed by atoms with Gasteiger partial charge in [-0.15, -0.1) is 0 Å². The normalized spacial score (nSPS) is 24.6. The van der Waals surface area contributed by atoms with Crippen molar-refractivity contribution in [2.45, 2.75) is 31.8 Å². The van der Waals surface area contributed by atoms with E-state index in [9.17, 15) is 9.59 Å². The number of likely N-dealkylation sites (N-methyl/N-ethyl adjacent to an activating group) is 1. The van der Waals surface area contributed by atoms with Crippen molar-refractivity contribution in [1.29, 1.82) is 0 Å². The zero-order valence-corrected chi connectivity index (χ0v) is 8.62. The predicted octanol–water partition coefficient (Wildman–Crippen LogP) is -0.929. The van der Waals surface area contributed by atoms with Crippen molar-refractivity contribution in [3.8, 4) is 0 Å². The van der Waals surface area contributed by atoms with Crippen molar-refractivity contribution in [1.82, 2.24) is 10.2 Å². The van der Waals surface area contributed by atoms with Gasteiger partial charge in [0.25, 0.3) is 0 Å². The minimum Gasteiger partial charge on any atom is -0.350 e. The van der Waals surface area contributed by atoms with Crippen LogP contribution in [0.4, 0.5) is 0 Å². The smallest absolute Gasteiger partial charge is 0.236 e. The Kier molecular flexibility index (Phi) is 3.46. The molecule has 2 atom stereocenters. The molecule has 0 aromatic heterocycles. The standard InChI is InChI=1S/C9H17N3O2/c1-6(10)9(14)11-7-3-4-8(13)12(2)5-7/h6-7H,3-5,10H2,1-2H3,(H,11,14)/t6-,7?/m0/s1. The minimum atomic E-state index is -0.488. The van der Waals surface area contributed by atoms with Crippen LogP contribution in [0.3, 0.4) is 0 Å². The van der Waals surface area contributed by atoms with E-state index in [2.05, 4.69) is 5.32 Å². The van der Waals surface area contributed by atoms with E-state index in [0.29, 0.717) is 19.4 Å². The maximum atomic E-state index is 11.3. The van der Waals surface area contributed by atoms with Gasteiger partial charge in [-0.1, -0.05) is 0 Å². The average Bonchev–Trinajstić information content (AvgIpc) is 2.11. The maximum Gasteiger partial charge on any atom is 0.236 e. The second kappa shape index (κ2) is 4.41. The molecule has 2 amide bonds. The van der Waals surface area contributed by atoms with Crippen LogP contribution in [0.15, 0.2) is 0 Å². The number of carbonyl (C=O) groups is 2. The maximum absolute atomic E-state index is 11.3. The molecule has 0 aliphatic carbocycles. The lowest BCUT2D eigenvalue weighted by molar-refractivity contribution is -0.134. The molecule has 5 nitrogen and oxygen atoms in total. The summed E-state index contributed by atoms with van der Waals surface area (Å²) in [6, 6.07) is -0.436. The van der Waals surface area contributed by atoms with Gasteiger partial charge in [0.05, 0.1) is 6.04 Å². The lowest BCUT2D eigenvalue weighted by Crippen LogP contribution is -2.51. The molecule has 14 heavy (non-hydrogen) atoms. The van der Waals surface area contributed by atoms with Crippen LogP contribution in [-0.2, 0) is 9.59 Å². The van der Waals surface area contributed by atoms with Crippen LogP contribution in [0.1, 0.15) is 19.8 Å². The largest absolute Gasteiger partial charge is 0.350 e. The van der Waals surface area contributed by atoms with Gasteiger partial charge in [0.15, 0.2) is 0 Å². The number of nitrogens with two attached hydrogens (primary N) is 1. The van der Waals surface area contributed by atoms with E-state index < -0.39 is 6.04 Å². The van der Waals surface area contributed by atoms with E-state index in [1.807, 2.05) is 0 Å². The third-order valence-electron chi connectivity index (χ3n) is 2.39. The van der Waals surface area contributed by atoms with Gasteiger partial charge in [0.1, 0.15) is 0 Å². The van der Waals surface area contributed by atoms with Crippen molar-refractivity contribution < 1.29 is 9.59 Å². The third-order valence-corrected chi connectivity index (χ3v) is 2.39. The topological polar surface area (TPSA) is 75.4 Å². The van der Waals surface area contributed by atoms with Crippen molar-refractivity contribution in [3.63, 3.8) is 0 Å². The molecule has 0 saturated carbocycles. The van der Waals surface area contributed by atoms with E-state index in [0.717, 1.165) is 0 Å². The van der Waals surface area contributed by atoms with Gasteiger partial charge in [-0.25, -0.2) is 0 Å². The van der Waals surface area contributed by atoms with Gasteiger partial charge in [-0.05, 0) is 13.3 Å². The van der Waals surface area contributed by atoms with Gasteiger partial charge in [-0.3, -0.25) is 9.59 Å². The SMILES string of the molecule is C[C@H](N)C(=O)NC1CCC(=O)N(C)C1. The first-order chi connectivity index (χ1) is 6.50. The van der Waals surface area contributed by atoms with Gasteiger partial charge < -0.3 is 16.0 Å². The van der Waals surface area contributed by atoms with Gasteiger partial charge in [-0.2, -0.15) is 0 Å². The van der Waals surface area contributed by atoms with Crippen LogP contribution < -0.4 is 11.1 Å². The fourth-order valence-electron chi connectivity index (χ4n) is 1.46. The summed E-state index contributed by atoms with van der Waals surface area (Å²) < 4.78 is 0. The molecule has 0 aromatic rings. The summed E-state index contributed by atoms with van der Waals surface area (Å²) in [6.07, 6.45) is 1.21. The number of hydrogen-bond donors (Lipinski definition) is 2. The van der Waals surface area contributed by atoms with Crippen molar-refractivity contribution in [2.75, 3.05) is 13.6 Å². The number of likely N-dealkylation sites (tertiary alicyclic amines) is 1. The van der Waals surface area contributed by atoms with Crippen LogP contribution in [0, 0.1) is 0 Å². The Morgan fingerprint density at radius 3 is 2.86 bits per heavy atom. The van der Waals surface area contributed by atoms with E-state index in [1.165, 1.54) is 0 Å². The van der Waals surface area contributed by atoms with E-state index >= 15 is 0 Å². The number of nitrogens with zero attached hydrogens (tertiary/aromatic N) is 1. The summed E-state index contributed by atoms with van der Waals surface area (Å²) in [6.45, 7) is 2.23. The molecular weight excluding hydrogens is 182 g/mol. The Balaban J connectivity index is 2.40. The molecule has 1 fully saturated rings. The Morgan fingerprint density at radius 2 is 2.36 bits per heavy atom. The molecule has 5 heteroatoms. The summed E-state index contributed by atoms with van der Waals surface area (Å²) >= 11 is 0. The molecular formula is C9H17N3O2. The first-order valence-electron chi connectivity index (χ1n) is 4.80. The number of rotatable bonds is 2. The highest BCUT2D eigenvalue weighted by atomic mass is 16.2. The van der Waals surface area contributed by atoms with E-state index in [4.69, 9.17) is 5.73 Å². The quantitative estimate of drug-likeness (QED) is 0.603. The molecule has 1 saturated heterocycles. The lowest BCUT2D eigenvalue weighted by Gasteiger charge is -2.30. The second-order valence-electron chi connectivity index (χ2n) is 3.81. The van der Waals surface area contributed by atoms with E-state index in [1.54, 1.807) is 18.9 Å². The van der Waals surface area contributed by atoms with Crippen LogP contribution in [0.5, 0.6) is 0 Å². The summed E-state index contributed by atoms with van der Waals surface area (Å²) in [5.74, 6) is -0.0194. The van der Waals surface area contributed by atoms with Gasteiger partial charge >= 0.3 is 0 Å². The summed E-state index contributed by atoms with van der Waals surface area (Å²) in [5, 5.41) is 2.81. The summed E-state index contributed by atoms with van der Waals surface area (Å²) in [4.78, 5) is 24.0. The predicted molar refractivity (Wildman–Crippen MR) is 52.5 cm³/mol. The molecule has 80 valence electrons. The molecule has 1 heterocycles. The van der Waals surface area contributed by atoms with Crippen LogP contribution in [0.2, 0.25) is 0 Å². The molecule has 0 aromatic carbocycles. The van der Waals surface area contributed by atoms with Crippen LogP contribution >= 0.6 is 0 Å². The lowest BCUT2D eigenvalue weighted by atomic mass is 10.1. The third kappa shape index (κ3) is 2.70. The van der Waals surface area contributed by atoms with Gasteiger partial charge in [0.2, 0.25) is 11.8 Å². The molecule has 0 bridgehead atoms. The average molecular weight is 199 g/mol. The highest BCUT2D eigenvalue weighted by molar-refractivity contribution is 5.82. The monoisotopic (exact) mass is 199 g/mol. The Labute approximate surface area is 83.6 Å². The molecule has 0 spiro atoms. The second-order valence-corrected chi connectivity index (χ2v) is 3.81. The fourth-order valence-corrected chi connectivity index (χ4v) is 1.46. The first kappa shape index (κ1) is 11.0. The Morgan fingerprint density at radius 1 is 1.71 bits per heavy atom. The molecule has 1 aliphatic heterocycles. The van der Waals surface area contributed by atoms with Crippen molar-refractivity contribution in [2.24, 2.45) is 5.73 Å². The number of carbonyl (C=O) groups excluding carboxylic acids is 2. The first-order valence-corrected chi connectivity index (χ1v) is 4.80. The molecule has 0 radical (unpaired) electrons.